The molecule has 0 unspecified atom stereocenters. The highest BCUT2D eigenvalue weighted by molar-refractivity contribution is 7.88. The smallest absolute Gasteiger partial charge is 0.225 e. The number of carbonyl (C=O) groups is 1. The van der Waals surface area contributed by atoms with E-state index in [0.29, 0.717) is 11.8 Å². The Balaban J connectivity index is 2.00. The normalized spacial score (nSPS) is 11.7. The first-order valence-corrected chi connectivity index (χ1v) is 8.94. The molecule has 0 radical (unpaired) electrons. The fourth-order valence-corrected chi connectivity index (χ4v) is 2.78. The van der Waals surface area contributed by atoms with Gasteiger partial charge in [0.25, 0.3) is 0 Å². The Labute approximate surface area is 142 Å². The van der Waals surface area contributed by atoms with Gasteiger partial charge in [0.2, 0.25) is 15.9 Å². The fourth-order valence-electron chi connectivity index (χ4n) is 2.00. The zero-order valence-electron chi connectivity index (χ0n) is 13.1. The minimum absolute atomic E-state index is 0.0708. The summed E-state index contributed by atoms with van der Waals surface area (Å²) >= 11 is 0. The molecule has 0 aliphatic carbocycles. The first-order valence-electron chi connectivity index (χ1n) is 7.09. The van der Waals surface area contributed by atoms with Crippen molar-refractivity contribution in [2.24, 2.45) is 0 Å². The van der Waals surface area contributed by atoms with Crippen molar-refractivity contribution < 1.29 is 30.8 Å². The van der Waals surface area contributed by atoms with Crippen molar-refractivity contribution in [3.63, 3.8) is 0 Å². The quantitative estimate of drug-likeness (QED) is 0.753. The molecule has 0 aliphatic heterocycles. The minimum atomic E-state index is -3.62. The molecule has 1 aromatic heterocycles. The number of carbonyl (C=O) groups excluding carboxylic acids is 1. The predicted octanol–water partition coefficient (Wildman–Crippen LogP) is 2.49. The predicted molar refractivity (Wildman–Crippen MR) is 83.5 cm³/mol. The zero-order chi connectivity index (χ0) is 18.6. The Morgan fingerprint density at radius 3 is 2.52 bits per heavy atom. The number of benzene rings is 1. The van der Waals surface area contributed by atoms with E-state index in [1.807, 2.05) is 0 Å². The molecule has 0 bridgehead atoms. The molecule has 1 amide bonds. The van der Waals surface area contributed by atoms with E-state index >= 15 is 0 Å². The molecule has 0 atom stereocenters. The average molecular weight is 376 g/mol. The molecule has 10 heteroatoms. The Hall–Kier alpha value is -2.33. The number of rotatable bonds is 7. The third kappa shape index (κ3) is 5.07. The van der Waals surface area contributed by atoms with Crippen molar-refractivity contribution >= 4 is 21.6 Å². The van der Waals surface area contributed by atoms with E-state index in [4.69, 9.17) is 4.42 Å². The zero-order valence-corrected chi connectivity index (χ0v) is 13.9. The van der Waals surface area contributed by atoms with Gasteiger partial charge >= 0.3 is 0 Å². The monoisotopic (exact) mass is 376 g/mol. The van der Waals surface area contributed by atoms with Gasteiger partial charge in [0.15, 0.2) is 17.5 Å². The first-order chi connectivity index (χ1) is 11.7. The highest BCUT2D eigenvalue weighted by Crippen LogP contribution is 2.20. The molecule has 0 saturated heterocycles. The van der Waals surface area contributed by atoms with Gasteiger partial charge < -0.3 is 9.73 Å². The van der Waals surface area contributed by atoms with Crippen LogP contribution in [0.25, 0.3) is 0 Å². The number of furan rings is 1. The van der Waals surface area contributed by atoms with Crippen LogP contribution in [0.4, 0.5) is 18.9 Å². The molecule has 25 heavy (non-hydrogen) atoms. The first kappa shape index (κ1) is 19.0. The Morgan fingerprint density at radius 2 is 1.92 bits per heavy atom. The summed E-state index contributed by atoms with van der Waals surface area (Å²) in [5.74, 6) is -4.97. The van der Waals surface area contributed by atoms with E-state index in [2.05, 4.69) is 5.32 Å². The summed E-state index contributed by atoms with van der Waals surface area (Å²) in [7, 11) is -3.62. The largest absolute Gasteiger partial charge is 0.468 e. The van der Waals surface area contributed by atoms with Crippen LogP contribution in [0.3, 0.4) is 0 Å². The summed E-state index contributed by atoms with van der Waals surface area (Å²) in [6.07, 6.45) is 2.05. The van der Waals surface area contributed by atoms with Crippen molar-refractivity contribution in [2.75, 3.05) is 18.1 Å². The maximum atomic E-state index is 13.5. The lowest BCUT2D eigenvalue weighted by Crippen LogP contribution is -2.32. The molecule has 1 heterocycles. The van der Waals surface area contributed by atoms with Crippen LogP contribution < -0.4 is 5.32 Å². The lowest BCUT2D eigenvalue weighted by molar-refractivity contribution is -0.116. The van der Waals surface area contributed by atoms with Crippen LogP contribution in [-0.4, -0.2) is 31.4 Å². The van der Waals surface area contributed by atoms with Gasteiger partial charge in [-0.25, -0.2) is 21.6 Å². The number of hydrogen-bond donors (Lipinski definition) is 1. The fraction of sp³-hybridized carbons (Fsp3) is 0.267. The van der Waals surface area contributed by atoms with Gasteiger partial charge in [-0.2, -0.15) is 4.31 Å². The molecule has 0 saturated carbocycles. The van der Waals surface area contributed by atoms with Crippen LogP contribution in [-0.2, 0) is 21.4 Å². The van der Waals surface area contributed by atoms with Gasteiger partial charge in [-0.1, -0.05) is 0 Å². The maximum Gasteiger partial charge on any atom is 0.225 e. The van der Waals surface area contributed by atoms with Crippen molar-refractivity contribution in [3.8, 4) is 0 Å². The van der Waals surface area contributed by atoms with E-state index in [9.17, 15) is 26.4 Å². The van der Waals surface area contributed by atoms with E-state index < -0.39 is 39.1 Å². The third-order valence-corrected chi connectivity index (χ3v) is 4.53. The Bertz CT molecular complexity index is 854. The molecule has 0 fully saturated rings. The molecule has 136 valence electrons. The molecule has 0 spiro atoms. The van der Waals surface area contributed by atoms with Crippen LogP contribution in [0.1, 0.15) is 12.2 Å². The molecule has 6 nitrogen and oxygen atoms in total. The lowest BCUT2D eigenvalue weighted by Gasteiger charge is -2.18. The standard InChI is InChI=1S/C15H15F3N2O4S/c1-25(22,23)20(9-10-3-2-8-24-10)7-6-13(21)19-12-5-4-11(16)14(17)15(12)18/h2-5,8H,6-7,9H2,1H3,(H,19,21). The molecule has 0 aliphatic rings. The van der Waals surface area contributed by atoms with E-state index in [0.717, 1.165) is 16.6 Å². The van der Waals surface area contributed by atoms with Crippen molar-refractivity contribution in [3.05, 3.63) is 53.7 Å². The molecule has 2 aromatic rings. The van der Waals surface area contributed by atoms with Crippen LogP contribution >= 0.6 is 0 Å². The molecule has 1 N–H and O–H groups in total. The van der Waals surface area contributed by atoms with Crippen LogP contribution in [0.15, 0.2) is 34.9 Å². The Kier molecular flexibility index (Phi) is 5.85. The highest BCUT2D eigenvalue weighted by Gasteiger charge is 2.20. The van der Waals surface area contributed by atoms with Gasteiger partial charge in [0.1, 0.15) is 5.76 Å². The third-order valence-electron chi connectivity index (χ3n) is 3.28. The minimum Gasteiger partial charge on any atom is -0.468 e. The van der Waals surface area contributed by atoms with Crippen LogP contribution in [0.2, 0.25) is 0 Å². The summed E-state index contributed by atoms with van der Waals surface area (Å²) < 4.78 is 69.1. The summed E-state index contributed by atoms with van der Waals surface area (Å²) in [6.45, 7) is -0.269. The Morgan fingerprint density at radius 1 is 1.20 bits per heavy atom. The number of sulfonamides is 1. The van der Waals surface area contributed by atoms with Crippen LogP contribution in [0.5, 0.6) is 0 Å². The molecule has 2 rings (SSSR count). The SMILES string of the molecule is CS(=O)(=O)N(CCC(=O)Nc1ccc(F)c(F)c1F)Cc1ccco1. The van der Waals surface area contributed by atoms with Gasteiger partial charge in [0, 0.05) is 13.0 Å². The molecular formula is C15H15F3N2O4S. The summed E-state index contributed by atoms with van der Waals surface area (Å²) in [4.78, 5) is 11.9. The molecule has 1 aromatic carbocycles. The van der Waals surface area contributed by atoms with Crippen molar-refractivity contribution in [1.82, 2.24) is 4.31 Å². The molecular weight excluding hydrogens is 361 g/mol. The van der Waals surface area contributed by atoms with Gasteiger partial charge in [0.05, 0.1) is 24.8 Å². The van der Waals surface area contributed by atoms with Crippen molar-refractivity contribution in [1.29, 1.82) is 0 Å². The number of nitrogens with one attached hydrogen (secondary N) is 1. The van der Waals surface area contributed by atoms with E-state index in [1.165, 1.54) is 6.26 Å². The lowest BCUT2D eigenvalue weighted by atomic mass is 10.2. The van der Waals surface area contributed by atoms with Gasteiger partial charge in [-0.15, -0.1) is 0 Å². The number of halogens is 3. The topological polar surface area (TPSA) is 79.6 Å². The highest BCUT2D eigenvalue weighted by atomic mass is 32.2. The number of anilines is 1. The summed E-state index contributed by atoms with van der Waals surface area (Å²) in [5.41, 5.74) is -0.527. The maximum absolute atomic E-state index is 13.5. The number of hydrogen-bond acceptors (Lipinski definition) is 4. The van der Waals surface area contributed by atoms with Crippen molar-refractivity contribution in [2.45, 2.75) is 13.0 Å². The number of amides is 1. The second-order valence-corrected chi connectivity index (χ2v) is 7.18. The number of nitrogens with zero attached hydrogens (tertiary/aromatic N) is 1. The average Bonchev–Trinajstić information content (AvgIpc) is 3.04. The summed E-state index contributed by atoms with van der Waals surface area (Å²) in [6, 6.07) is 4.72. The van der Waals surface area contributed by atoms with Gasteiger partial charge in [-0.05, 0) is 24.3 Å². The van der Waals surface area contributed by atoms with Crippen LogP contribution in [0, 0.1) is 17.5 Å². The van der Waals surface area contributed by atoms with E-state index in [1.54, 1.807) is 12.1 Å². The van der Waals surface area contributed by atoms with E-state index in [-0.39, 0.29) is 19.5 Å². The second-order valence-electron chi connectivity index (χ2n) is 5.20. The second kappa shape index (κ2) is 7.70. The van der Waals surface area contributed by atoms with Gasteiger partial charge in [-0.3, -0.25) is 4.79 Å². The summed E-state index contributed by atoms with van der Waals surface area (Å²) in [5, 5.41) is 2.08.